The highest BCUT2D eigenvalue weighted by Gasteiger charge is 2.36. The molecule has 5 heteroatoms. The van der Waals surface area contributed by atoms with Gasteiger partial charge in [0.25, 0.3) is 0 Å². The Hall–Kier alpha value is -2.17. The van der Waals surface area contributed by atoms with Crippen molar-refractivity contribution in [1.29, 1.82) is 0 Å². The number of hydrogen-bond donors (Lipinski definition) is 2. The number of carboxylic acid groups (broad SMARTS) is 1. The van der Waals surface area contributed by atoms with E-state index in [1.54, 1.807) is 0 Å². The standard InChI is InChI=1S/C14H14FNO3/c15-11-6-1-9(2-7-11)3-8-12(17)16-13(14(18)19)10-4-5-10/h1-3,6-8,10,13H,4-5H2,(H,16,17)(H,18,19). The molecule has 0 bridgehead atoms. The van der Waals surface area contributed by atoms with Crippen molar-refractivity contribution < 1.29 is 19.1 Å². The zero-order chi connectivity index (χ0) is 13.8. The van der Waals surface area contributed by atoms with Gasteiger partial charge in [-0.05, 0) is 42.5 Å². The van der Waals surface area contributed by atoms with Crippen LogP contribution in [-0.4, -0.2) is 23.0 Å². The Morgan fingerprint density at radius 3 is 2.47 bits per heavy atom. The van der Waals surface area contributed by atoms with Crippen LogP contribution in [0.25, 0.3) is 6.08 Å². The number of hydrogen-bond acceptors (Lipinski definition) is 2. The molecule has 100 valence electrons. The van der Waals surface area contributed by atoms with Crippen LogP contribution >= 0.6 is 0 Å². The summed E-state index contributed by atoms with van der Waals surface area (Å²) in [5.41, 5.74) is 0.676. The third-order valence-electron chi connectivity index (χ3n) is 2.95. The lowest BCUT2D eigenvalue weighted by Gasteiger charge is -2.11. The van der Waals surface area contributed by atoms with Crippen LogP contribution in [0.2, 0.25) is 0 Å². The Labute approximate surface area is 109 Å². The van der Waals surface area contributed by atoms with Crippen molar-refractivity contribution in [3.05, 3.63) is 41.7 Å². The predicted molar refractivity (Wildman–Crippen MR) is 67.7 cm³/mol. The number of benzene rings is 1. The van der Waals surface area contributed by atoms with E-state index in [-0.39, 0.29) is 11.7 Å². The van der Waals surface area contributed by atoms with Gasteiger partial charge in [-0.2, -0.15) is 0 Å². The molecule has 2 N–H and O–H groups in total. The molecule has 0 aliphatic heterocycles. The molecule has 1 atom stereocenters. The molecule has 2 rings (SSSR count). The molecular formula is C14H14FNO3. The Balaban J connectivity index is 1.93. The molecule has 1 fully saturated rings. The first kappa shape index (κ1) is 13.3. The van der Waals surface area contributed by atoms with Gasteiger partial charge in [0, 0.05) is 6.08 Å². The van der Waals surface area contributed by atoms with Gasteiger partial charge in [0.2, 0.25) is 5.91 Å². The number of carboxylic acids is 1. The van der Waals surface area contributed by atoms with Gasteiger partial charge in [-0.1, -0.05) is 12.1 Å². The summed E-state index contributed by atoms with van der Waals surface area (Å²) in [6.45, 7) is 0. The molecule has 1 amide bonds. The molecule has 1 aliphatic carbocycles. The molecule has 1 saturated carbocycles. The van der Waals surface area contributed by atoms with Crippen molar-refractivity contribution in [1.82, 2.24) is 5.32 Å². The lowest BCUT2D eigenvalue weighted by atomic mass is 10.2. The third kappa shape index (κ3) is 3.91. The van der Waals surface area contributed by atoms with Gasteiger partial charge in [-0.3, -0.25) is 4.79 Å². The molecule has 0 spiro atoms. The quantitative estimate of drug-likeness (QED) is 0.796. The molecule has 0 saturated heterocycles. The third-order valence-corrected chi connectivity index (χ3v) is 2.95. The van der Waals surface area contributed by atoms with Gasteiger partial charge in [0.15, 0.2) is 0 Å². The lowest BCUT2D eigenvalue weighted by molar-refractivity contribution is -0.141. The van der Waals surface area contributed by atoms with E-state index in [1.807, 2.05) is 0 Å². The summed E-state index contributed by atoms with van der Waals surface area (Å²) < 4.78 is 12.7. The molecule has 4 nitrogen and oxygen atoms in total. The predicted octanol–water partition coefficient (Wildman–Crippen LogP) is 1.82. The zero-order valence-electron chi connectivity index (χ0n) is 10.2. The number of aliphatic carboxylic acids is 1. The summed E-state index contributed by atoms with van der Waals surface area (Å²) in [7, 11) is 0. The van der Waals surface area contributed by atoms with Gasteiger partial charge in [-0.25, -0.2) is 9.18 Å². The fraction of sp³-hybridized carbons (Fsp3) is 0.286. The minimum atomic E-state index is -1.01. The normalized spacial score (nSPS) is 16.3. The lowest BCUT2D eigenvalue weighted by Crippen LogP contribution is -2.41. The average molecular weight is 263 g/mol. The Kier molecular flexibility index (Phi) is 3.94. The maximum atomic E-state index is 12.7. The summed E-state index contributed by atoms with van der Waals surface area (Å²) in [5, 5.41) is 11.4. The van der Waals surface area contributed by atoms with E-state index >= 15 is 0 Å². The first-order valence-corrected chi connectivity index (χ1v) is 6.03. The molecule has 0 radical (unpaired) electrons. The van der Waals surface area contributed by atoms with Gasteiger partial charge in [-0.15, -0.1) is 0 Å². The van der Waals surface area contributed by atoms with Gasteiger partial charge >= 0.3 is 5.97 Å². The van der Waals surface area contributed by atoms with Crippen molar-refractivity contribution in [3.8, 4) is 0 Å². The van der Waals surface area contributed by atoms with Crippen LogP contribution in [0.1, 0.15) is 18.4 Å². The van der Waals surface area contributed by atoms with E-state index < -0.39 is 17.9 Å². The summed E-state index contributed by atoms with van der Waals surface area (Å²) in [6, 6.07) is 4.85. The highest BCUT2D eigenvalue weighted by Crippen LogP contribution is 2.32. The van der Waals surface area contributed by atoms with Crippen LogP contribution in [-0.2, 0) is 9.59 Å². The van der Waals surface area contributed by atoms with Crippen LogP contribution in [0, 0.1) is 11.7 Å². The minimum Gasteiger partial charge on any atom is -0.480 e. The van der Waals surface area contributed by atoms with E-state index in [9.17, 15) is 14.0 Å². The van der Waals surface area contributed by atoms with Crippen LogP contribution in [0.5, 0.6) is 0 Å². The SMILES string of the molecule is O=C(C=Cc1ccc(F)cc1)NC(C(=O)O)C1CC1. The zero-order valence-corrected chi connectivity index (χ0v) is 10.2. The molecule has 1 aromatic carbocycles. The Morgan fingerprint density at radius 2 is 1.95 bits per heavy atom. The fourth-order valence-electron chi connectivity index (χ4n) is 1.76. The highest BCUT2D eigenvalue weighted by molar-refractivity contribution is 5.94. The summed E-state index contributed by atoms with van der Waals surface area (Å²) in [5.74, 6) is -1.77. The topological polar surface area (TPSA) is 66.4 Å². The average Bonchev–Trinajstić information content (AvgIpc) is 3.19. The summed E-state index contributed by atoms with van der Waals surface area (Å²) in [6.07, 6.45) is 4.43. The maximum Gasteiger partial charge on any atom is 0.326 e. The molecule has 1 aromatic rings. The Bertz CT molecular complexity index is 506. The monoisotopic (exact) mass is 263 g/mol. The van der Waals surface area contributed by atoms with Crippen molar-refractivity contribution in [2.75, 3.05) is 0 Å². The molecule has 0 heterocycles. The summed E-state index contributed by atoms with van der Waals surface area (Å²) >= 11 is 0. The van der Waals surface area contributed by atoms with Crippen molar-refractivity contribution in [2.24, 2.45) is 5.92 Å². The van der Waals surface area contributed by atoms with Gasteiger partial charge in [0.1, 0.15) is 11.9 Å². The van der Waals surface area contributed by atoms with Crippen LogP contribution in [0.4, 0.5) is 4.39 Å². The molecule has 1 unspecified atom stereocenters. The van der Waals surface area contributed by atoms with Crippen molar-refractivity contribution in [2.45, 2.75) is 18.9 Å². The number of rotatable bonds is 5. The Morgan fingerprint density at radius 1 is 1.32 bits per heavy atom. The van der Waals surface area contributed by atoms with E-state index in [0.29, 0.717) is 5.56 Å². The number of halogens is 1. The van der Waals surface area contributed by atoms with Crippen molar-refractivity contribution >= 4 is 18.0 Å². The van der Waals surface area contributed by atoms with E-state index in [1.165, 1.54) is 36.4 Å². The molecule has 0 aromatic heterocycles. The molecule has 1 aliphatic rings. The first-order valence-electron chi connectivity index (χ1n) is 6.03. The second kappa shape index (κ2) is 5.65. The minimum absolute atomic E-state index is 0.0423. The van der Waals surface area contributed by atoms with Gasteiger partial charge < -0.3 is 10.4 Å². The van der Waals surface area contributed by atoms with Crippen LogP contribution < -0.4 is 5.32 Å². The van der Waals surface area contributed by atoms with E-state index in [4.69, 9.17) is 5.11 Å². The fourth-order valence-corrected chi connectivity index (χ4v) is 1.76. The van der Waals surface area contributed by atoms with E-state index in [0.717, 1.165) is 12.8 Å². The molecular weight excluding hydrogens is 249 g/mol. The second-order valence-corrected chi connectivity index (χ2v) is 4.55. The molecule has 19 heavy (non-hydrogen) atoms. The number of nitrogens with one attached hydrogen (secondary N) is 1. The number of carbonyl (C=O) groups is 2. The van der Waals surface area contributed by atoms with Gasteiger partial charge in [0.05, 0.1) is 0 Å². The second-order valence-electron chi connectivity index (χ2n) is 4.55. The number of carbonyl (C=O) groups excluding carboxylic acids is 1. The largest absolute Gasteiger partial charge is 0.480 e. The van der Waals surface area contributed by atoms with Crippen LogP contribution in [0.15, 0.2) is 30.3 Å². The smallest absolute Gasteiger partial charge is 0.326 e. The first-order chi connectivity index (χ1) is 9.06. The highest BCUT2D eigenvalue weighted by atomic mass is 19.1. The summed E-state index contributed by atoms with van der Waals surface area (Å²) in [4.78, 5) is 22.5. The van der Waals surface area contributed by atoms with E-state index in [2.05, 4.69) is 5.32 Å². The van der Waals surface area contributed by atoms with Crippen LogP contribution in [0.3, 0.4) is 0 Å². The number of amides is 1. The maximum absolute atomic E-state index is 12.7. The van der Waals surface area contributed by atoms with Crippen molar-refractivity contribution in [3.63, 3.8) is 0 Å².